The third-order valence-electron chi connectivity index (χ3n) is 2.16. The van der Waals surface area contributed by atoms with Gasteiger partial charge in [0, 0.05) is 0 Å². The smallest absolute Gasteiger partial charge is 0.265 e. The summed E-state index contributed by atoms with van der Waals surface area (Å²) >= 11 is 11.4. The average molecular weight is 279 g/mol. The number of hydrogen-bond donors (Lipinski definition) is 0. The fourth-order valence-corrected chi connectivity index (χ4v) is 1.89. The lowest BCUT2D eigenvalue weighted by Crippen LogP contribution is -2.26. The molecule has 17 heavy (non-hydrogen) atoms. The molecule has 0 amide bonds. The number of carbonyl (C=O) groups excluding carboxylic acids is 2. The number of allylic oxidation sites excluding steroid dienone is 2. The molecule has 5 nitrogen and oxygen atoms in total. The van der Waals surface area contributed by atoms with Crippen molar-refractivity contribution in [1.29, 1.82) is 0 Å². The van der Waals surface area contributed by atoms with E-state index in [9.17, 15) is 9.59 Å². The summed E-state index contributed by atoms with van der Waals surface area (Å²) in [6.45, 7) is 0.835. The Bertz CT molecular complexity index is 402. The van der Waals surface area contributed by atoms with Gasteiger partial charge in [-0.2, -0.15) is 0 Å². The Kier molecular flexibility index (Phi) is 3.71. The summed E-state index contributed by atoms with van der Waals surface area (Å²) in [4.78, 5) is 23.5. The van der Waals surface area contributed by atoms with E-state index < -0.39 is 11.6 Å². The van der Waals surface area contributed by atoms with Crippen LogP contribution >= 0.6 is 23.2 Å². The van der Waals surface area contributed by atoms with Gasteiger partial charge in [-0.25, -0.2) is 0 Å². The maximum atomic E-state index is 11.9. The van der Waals surface area contributed by atoms with E-state index in [0.717, 1.165) is 0 Å². The van der Waals surface area contributed by atoms with Crippen LogP contribution in [0.1, 0.15) is 0 Å². The van der Waals surface area contributed by atoms with Crippen LogP contribution in [-0.2, 0) is 23.8 Å². The Morgan fingerprint density at radius 3 is 1.71 bits per heavy atom. The van der Waals surface area contributed by atoms with Crippen molar-refractivity contribution < 1.29 is 23.8 Å². The van der Waals surface area contributed by atoms with Crippen molar-refractivity contribution in [2.24, 2.45) is 0 Å². The second kappa shape index (κ2) is 5.08. The van der Waals surface area contributed by atoms with Crippen LogP contribution in [0.15, 0.2) is 21.6 Å². The van der Waals surface area contributed by atoms with Crippen molar-refractivity contribution in [3.05, 3.63) is 21.6 Å². The molecule has 1 aliphatic heterocycles. The highest BCUT2D eigenvalue weighted by Gasteiger charge is 2.36. The standard InChI is InChI=1S/C10H8Cl2O5/c11-5-7(13)6(12)10-8(14)9(5)16-3-1-15-2-4-17-10/h1-4H2. The second-order valence-electron chi connectivity index (χ2n) is 3.25. The highest BCUT2D eigenvalue weighted by atomic mass is 35.5. The van der Waals surface area contributed by atoms with E-state index in [-0.39, 0.29) is 48.0 Å². The molecule has 0 atom stereocenters. The van der Waals surface area contributed by atoms with E-state index in [2.05, 4.69) is 0 Å². The minimum absolute atomic E-state index is 0.134. The molecule has 0 aromatic heterocycles. The molecular weight excluding hydrogens is 271 g/mol. The Labute approximate surface area is 107 Å². The SMILES string of the molecule is O=C1C(Cl)=C2OCCOCCOC(=C1Cl)C2=O. The lowest BCUT2D eigenvalue weighted by molar-refractivity contribution is -0.123. The molecule has 0 spiro atoms. The topological polar surface area (TPSA) is 61.8 Å². The van der Waals surface area contributed by atoms with Crippen LogP contribution in [0.25, 0.3) is 0 Å². The monoisotopic (exact) mass is 278 g/mol. The van der Waals surface area contributed by atoms with Crippen LogP contribution in [0.4, 0.5) is 0 Å². The van der Waals surface area contributed by atoms with Crippen molar-refractivity contribution in [3.8, 4) is 0 Å². The molecule has 7 heteroatoms. The number of carbonyl (C=O) groups is 2. The van der Waals surface area contributed by atoms with Crippen LogP contribution in [0.3, 0.4) is 0 Å². The molecule has 0 N–H and O–H groups in total. The summed E-state index contributed by atoms with van der Waals surface area (Å²) < 4.78 is 15.4. The van der Waals surface area contributed by atoms with E-state index in [1.54, 1.807) is 0 Å². The van der Waals surface area contributed by atoms with Crippen LogP contribution < -0.4 is 0 Å². The molecular formula is C10H8Cl2O5. The largest absolute Gasteiger partial charge is 0.485 e. The van der Waals surface area contributed by atoms with Crippen molar-refractivity contribution in [2.45, 2.75) is 0 Å². The number of ketones is 2. The first-order valence-electron chi connectivity index (χ1n) is 4.85. The lowest BCUT2D eigenvalue weighted by atomic mass is 10.1. The normalized spacial score (nSPS) is 22.2. The van der Waals surface area contributed by atoms with Gasteiger partial charge in [0.25, 0.3) is 5.78 Å². The second-order valence-corrected chi connectivity index (χ2v) is 4.01. The minimum Gasteiger partial charge on any atom is -0.485 e. The number of Topliss-reactive ketones (excluding diaryl/α,β-unsaturated/α-hetero) is 2. The predicted molar refractivity (Wildman–Crippen MR) is 58.5 cm³/mol. The van der Waals surface area contributed by atoms with Gasteiger partial charge >= 0.3 is 0 Å². The summed E-state index contributed by atoms with van der Waals surface area (Å²) in [5.41, 5.74) is 0. The molecule has 92 valence electrons. The summed E-state index contributed by atoms with van der Waals surface area (Å²) in [5, 5.41) is -0.652. The molecule has 0 saturated carbocycles. The molecule has 0 radical (unpaired) electrons. The van der Waals surface area contributed by atoms with E-state index in [4.69, 9.17) is 37.4 Å². The first-order chi connectivity index (χ1) is 8.13. The lowest BCUT2D eigenvalue weighted by Gasteiger charge is -2.20. The molecule has 0 aromatic carbocycles. The van der Waals surface area contributed by atoms with Crippen LogP contribution in [-0.4, -0.2) is 38.0 Å². The zero-order chi connectivity index (χ0) is 12.4. The van der Waals surface area contributed by atoms with Gasteiger partial charge in [0.2, 0.25) is 5.78 Å². The van der Waals surface area contributed by atoms with Gasteiger partial charge in [0.15, 0.2) is 11.5 Å². The van der Waals surface area contributed by atoms with Crippen molar-refractivity contribution in [1.82, 2.24) is 0 Å². The summed E-state index contributed by atoms with van der Waals surface area (Å²) in [7, 11) is 0. The van der Waals surface area contributed by atoms with Gasteiger partial charge in [-0.3, -0.25) is 9.59 Å². The fraction of sp³-hybridized carbons (Fsp3) is 0.400. The van der Waals surface area contributed by atoms with Gasteiger partial charge in [-0.15, -0.1) is 0 Å². The molecule has 2 rings (SSSR count). The third kappa shape index (κ3) is 2.31. The maximum absolute atomic E-state index is 11.9. The molecule has 2 bridgehead atoms. The number of halogens is 2. The van der Waals surface area contributed by atoms with Gasteiger partial charge in [-0.05, 0) is 0 Å². The molecule has 1 saturated heterocycles. The molecule has 0 unspecified atom stereocenters. The number of fused-ring (bicyclic) bond motifs is 2. The van der Waals surface area contributed by atoms with E-state index in [0.29, 0.717) is 0 Å². The van der Waals surface area contributed by atoms with E-state index >= 15 is 0 Å². The first kappa shape index (κ1) is 12.4. The van der Waals surface area contributed by atoms with Gasteiger partial charge in [0.1, 0.15) is 23.3 Å². The Morgan fingerprint density at radius 2 is 1.24 bits per heavy atom. The summed E-state index contributed by atoms with van der Waals surface area (Å²) in [6, 6.07) is 0. The van der Waals surface area contributed by atoms with Crippen LogP contribution in [0, 0.1) is 0 Å². The molecule has 0 aromatic rings. The van der Waals surface area contributed by atoms with Crippen molar-refractivity contribution >= 4 is 34.8 Å². The molecule has 1 aliphatic carbocycles. The van der Waals surface area contributed by atoms with E-state index in [1.165, 1.54) is 0 Å². The number of hydrogen-bond acceptors (Lipinski definition) is 5. The molecule has 2 aliphatic rings. The zero-order valence-electron chi connectivity index (χ0n) is 8.63. The van der Waals surface area contributed by atoms with Gasteiger partial charge in [0.05, 0.1) is 13.2 Å². The Morgan fingerprint density at radius 1 is 0.765 bits per heavy atom. The van der Waals surface area contributed by atoms with Crippen molar-refractivity contribution in [2.75, 3.05) is 26.4 Å². The van der Waals surface area contributed by atoms with Gasteiger partial charge in [-0.1, -0.05) is 23.2 Å². The number of ether oxygens (including phenoxy) is 3. The Balaban J connectivity index is 2.39. The van der Waals surface area contributed by atoms with Crippen molar-refractivity contribution in [3.63, 3.8) is 0 Å². The fourth-order valence-electron chi connectivity index (χ4n) is 1.37. The average Bonchev–Trinajstić information content (AvgIpc) is 2.32. The molecule has 1 fully saturated rings. The van der Waals surface area contributed by atoms with E-state index in [1.807, 2.05) is 0 Å². The zero-order valence-corrected chi connectivity index (χ0v) is 10.1. The highest BCUT2D eigenvalue weighted by Crippen LogP contribution is 2.30. The minimum atomic E-state index is -0.667. The predicted octanol–water partition coefficient (Wildman–Crippen LogP) is 1.10. The quantitative estimate of drug-likeness (QED) is 0.621. The Hall–Kier alpha value is -1.04. The van der Waals surface area contributed by atoms with Gasteiger partial charge < -0.3 is 14.2 Å². The third-order valence-corrected chi connectivity index (χ3v) is 2.84. The van der Waals surface area contributed by atoms with Crippen LogP contribution in [0.5, 0.6) is 0 Å². The van der Waals surface area contributed by atoms with Crippen LogP contribution in [0.2, 0.25) is 0 Å². The maximum Gasteiger partial charge on any atom is 0.265 e. The number of rotatable bonds is 0. The summed E-state index contributed by atoms with van der Waals surface area (Å²) in [5.74, 6) is -1.75. The molecule has 1 heterocycles. The summed E-state index contributed by atoms with van der Waals surface area (Å²) in [6.07, 6.45) is 0. The highest BCUT2D eigenvalue weighted by molar-refractivity contribution is 6.58. The first-order valence-corrected chi connectivity index (χ1v) is 5.61.